The van der Waals surface area contributed by atoms with Crippen LogP contribution in [0.4, 0.5) is 5.69 Å². The zero-order valence-electron chi connectivity index (χ0n) is 12.6. The van der Waals surface area contributed by atoms with E-state index < -0.39 is 0 Å². The van der Waals surface area contributed by atoms with Gasteiger partial charge in [-0.2, -0.15) is 0 Å². The van der Waals surface area contributed by atoms with Gasteiger partial charge in [0.05, 0.1) is 24.9 Å². The molecular weight excluding hydrogens is 337 g/mol. The first-order valence-electron chi connectivity index (χ1n) is 6.70. The minimum atomic E-state index is -0.334. The number of para-hydroxylation sites is 1. The summed E-state index contributed by atoms with van der Waals surface area (Å²) in [5.41, 5.74) is 1.17. The van der Waals surface area contributed by atoms with Crippen molar-refractivity contribution >= 4 is 40.9 Å². The Morgan fingerprint density at radius 3 is 2.61 bits per heavy atom. The molecule has 6 heteroatoms. The van der Waals surface area contributed by atoms with Gasteiger partial charge in [-0.1, -0.05) is 35.3 Å². The number of anilines is 1. The zero-order chi connectivity index (χ0) is 16.8. The summed E-state index contributed by atoms with van der Waals surface area (Å²) in [6.45, 7) is 0. The lowest BCUT2D eigenvalue weighted by atomic mass is 10.1. The van der Waals surface area contributed by atoms with Gasteiger partial charge in [0, 0.05) is 16.7 Å². The van der Waals surface area contributed by atoms with Crippen LogP contribution in [0.5, 0.6) is 11.5 Å². The molecule has 0 radical (unpaired) electrons. The highest BCUT2D eigenvalue weighted by Crippen LogP contribution is 2.31. The molecule has 2 aromatic carbocycles. The van der Waals surface area contributed by atoms with Crippen LogP contribution in [0.2, 0.25) is 10.0 Å². The number of amides is 1. The average Bonchev–Trinajstić information content (AvgIpc) is 2.55. The molecule has 0 aliphatic heterocycles. The fourth-order valence-electron chi connectivity index (χ4n) is 1.98. The molecule has 0 aliphatic carbocycles. The molecule has 0 aromatic heterocycles. The standard InChI is InChI=1S/C17H15Cl2NO3/c1-22-15-5-3-4-11(17(15)23-2)6-9-16(21)20-14-10-12(18)7-8-13(14)19/h3-10H,1-2H3,(H,20,21)/b9-6+. The number of ether oxygens (including phenoxy) is 2. The highest BCUT2D eigenvalue weighted by Gasteiger charge is 2.08. The second-order valence-corrected chi connectivity index (χ2v) is 5.37. The van der Waals surface area contributed by atoms with Crippen LogP contribution in [0.3, 0.4) is 0 Å². The molecule has 0 atom stereocenters. The molecule has 2 rings (SSSR count). The number of hydrogen-bond donors (Lipinski definition) is 1. The van der Waals surface area contributed by atoms with Crippen LogP contribution in [0, 0.1) is 0 Å². The number of halogens is 2. The lowest BCUT2D eigenvalue weighted by molar-refractivity contribution is -0.111. The summed E-state index contributed by atoms with van der Waals surface area (Å²) in [5, 5.41) is 3.57. The third kappa shape index (κ3) is 4.41. The molecule has 0 heterocycles. The molecule has 120 valence electrons. The van der Waals surface area contributed by atoms with E-state index in [0.29, 0.717) is 27.2 Å². The van der Waals surface area contributed by atoms with Crippen molar-refractivity contribution in [3.05, 3.63) is 58.1 Å². The van der Waals surface area contributed by atoms with Crippen LogP contribution in [0.25, 0.3) is 6.08 Å². The van der Waals surface area contributed by atoms with E-state index in [4.69, 9.17) is 32.7 Å². The van der Waals surface area contributed by atoms with Gasteiger partial charge in [-0.3, -0.25) is 4.79 Å². The van der Waals surface area contributed by atoms with Crippen molar-refractivity contribution in [2.24, 2.45) is 0 Å². The molecule has 0 saturated heterocycles. The molecule has 0 aliphatic rings. The Bertz CT molecular complexity index is 745. The molecular formula is C17H15Cl2NO3. The largest absolute Gasteiger partial charge is 0.493 e. The van der Waals surface area contributed by atoms with Crippen LogP contribution >= 0.6 is 23.2 Å². The van der Waals surface area contributed by atoms with Crippen LogP contribution < -0.4 is 14.8 Å². The summed E-state index contributed by atoms with van der Waals surface area (Å²) in [7, 11) is 3.10. The fourth-order valence-corrected chi connectivity index (χ4v) is 2.31. The first-order valence-corrected chi connectivity index (χ1v) is 7.46. The zero-order valence-corrected chi connectivity index (χ0v) is 14.1. The number of methoxy groups -OCH3 is 2. The van der Waals surface area contributed by atoms with E-state index in [9.17, 15) is 4.79 Å². The number of carbonyl (C=O) groups is 1. The van der Waals surface area contributed by atoms with Gasteiger partial charge in [0.15, 0.2) is 11.5 Å². The second kappa shape index (κ2) is 7.90. The van der Waals surface area contributed by atoms with E-state index in [2.05, 4.69) is 5.32 Å². The van der Waals surface area contributed by atoms with Crippen LogP contribution in [-0.4, -0.2) is 20.1 Å². The maximum absolute atomic E-state index is 12.0. The van der Waals surface area contributed by atoms with Gasteiger partial charge in [0.2, 0.25) is 5.91 Å². The smallest absolute Gasteiger partial charge is 0.248 e. The molecule has 1 amide bonds. The van der Waals surface area contributed by atoms with Crippen molar-refractivity contribution in [1.29, 1.82) is 0 Å². The van der Waals surface area contributed by atoms with E-state index in [-0.39, 0.29) is 5.91 Å². The maximum Gasteiger partial charge on any atom is 0.248 e. The summed E-state index contributed by atoms with van der Waals surface area (Å²) in [5.74, 6) is 0.812. The van der Waals surface area contributed by atoms with Gasteiger partial charge < -0.3 is 14.8 Å². The molecule has 0 unspecified atom stereocenters. The van der Waals surface area contributed by atoms with Crippen LogP contribution in [-0.2, 0) is 4.79 Å². The lowest BCUT2D eigenvalue weighted by Gasteiger charge is -2.10. The van der Waals surface area contributed by atoms with Gasteiger partial charge in [-0.05, 0) is 30.3 Å². The Morgan fingerprint density at radius 1 is 1.13 bits per heavy atom. The van der Waals surface area contributed by atoms with E-state index in [1.165, 1.54) is 6.08 Å². The monoisotopic (exact) mass is 351 g/mol. The molecule has 0 spiro atoms. The normalized spacial score (nSPS) is 10.6. The highest BCUT2D eigenvalue weighted by atomic mass is 35.5. The number of hydrogen-bond acceptors (Lipinski definition) is 3. The van der Waals surface area contributed by atoms with Crippen LogP contribution in [0.1, 0.15) is 5.56 Å². The van der Waals surface area contributed by atoms with Gasteiger partial charge in [0.1, 0.15) is 0 Å². The first-order chi connectivity index (χ1) is 11.0. The molecule has 0 fully saturated rings. The highest BCUT2D eigenvalue weighted by molar-refractivity contribution is 6.35. The fraction of sp³-hybridized carbons (Fsp3) is 0.118. The van der Waals surface area contributed by atoms with Crippen LogP contribution in [0.15, 0.2) is 42.5 Å². The quantitative estimate of drug-likeness (QED) is 0.796. The Kier molecular flexibility index (Phi) is 5.90. The number of carbonyl (C=O) groups excluding carboxylic acids is 1. The molecule has 1 N–H and O–H groups in total. The topological polar surface area (TPSA) is 47.6 Å². The number of benzene rings is 2. The van der Waals surface area contributed by atoms with Gasteiger partial charge >= 0.3 is 0 Å². The van der Waals surface area contributed by atoms with E-state index in [1.54, 1.807) is 44.6 Å². The van der Waals surface area contributed by atoms with Crippen molar-refractivity contribution in [3.8, 4) is 11.5 Å². The number of rotatable bonds is 5. The minimum absolute atomic E-state index is 0.334. The number of nitrogens with one attached hydrogen (secondary N) is 1. The lowest BCUT2D eigenvalue weighted by Crippen LogP contribution is -2.08. The SMILES string of the molecule is COc1cccc(/C=C/C(=O)Nc2cc(Cl)ccc2Cl)c1OC. The van der Waals surface area contributed by atoms with E-state index in [0.717, 1.165) is 5.56 Å². The molecule has 0 saturated carbocycles. The predicted molar refractivity (Wildman–Crippen MR) is 93.7 cm³/mol. The molecule has 4 nitrogen and oxygen atoms in total. The Hall–Kier alpha value is -2.17. The van der Waals surface area contributed by atoms with E-state index in [1.807, 2.05) is 12.1 Å². The maximum atomic E-state index is 12.0. The summed E-state index contributed by atoms with van der Waals surface area (Å²) < 4.78 is 10.5. The van der Waals surface area contributed by atoms with Gasteiger partial charge in [-0.15, -0.1) is 0 Å². The van der Waals surface area contributed by atoms with E-state index >= 15 is 0 Å². The molecule has 23 heavy (non-hydrogen) atoms. The Morgan fingerprint density at radius 2 is 1.91 bits per heavy atom. The Labute approximate surface area is 144 Å². The van der Waals surface area contributed by atoms with Crippen molar-refractivity contribution in [1.82, 2.24) is 0 Å². The van der Waals surface area contributed by atoms with Crippen molar-refractivity contribution < 1.29 is 14.3 Å². The third-order valence-electron chi connectivity index (χ3n) is 3.03. The predicted octanol–water partition coefficient (Wildman–Crippen LogP) is 4.66. The Balaban J connectivity index is 2.17. The van der Waals surface area contributed by atoms with Crippen molar-refractivity contribution in [2.45, 2.75) is 0 Å². The third-order valence-corrected chi connectivity index (χ3v) is 3.60. The summed E-state index contributed by atoms with van der Waals surface area (Å²) in [6.07, 6.45) is 3.02. The summed E-state index contributed by atoms with van der Waals surface area (Å²) in [6, 6.07) is 10.3. The minimum Gasteiger partial charge on any atom is -0.493 e. The van der Waals surface area contributed by atoms with Gasteiger partial charge in [-0.25, -0.2) is 0 Å². The summed E-state index contributed by atoms with van der Waals surface area (Å²) in [4.78, 5) is 12.0. The van der Waals surface area contributed by atoms with Crippen molar-refractivity contribution in [2.75, 3.05) is 19.5 Å². The summed E-state index contributed by atoms with van der Waals surface area (Å²) >= 11 is 11.9. The average molecular weight is 352 g/mol. The molecule has 2 aromatic rings. The van der Waals surface area contributed by atoms with Crippen molar-refractivity contribution in [3.63, 3.8) is 0 Å². The first kappa shape index (κ1) is 17.2. The van der Waals surface area contributed by atoms with Gasteiger partial charge in [0.25, 0.3) is 0 Å². The second-order valence-electron chi connectivity index (χ2n) is 4.53. The molecule has 0 bridgehead atoms.